The molecule has 4 nitrogen and oxygen atoms in total. The minimum absolute atomic E-state index is 0.301. The topological polar surface area (TPSA) is 61.8 Å². The minimum atomic E-state index is 0.301. The second-order valence-corrected chi connectivity index (χ2v) is 4.59. The fraction of sp³-hybridized carbons (Fsp3) is 0.909. The maximum atomic E-state index is 8.50. The summed E-state index contributed by atoms with van der Waals surface area (Å²) in [5.74, 6) is 1.22. The number of rotatable bonds is 4. The summed E-state index contributed by atoms with van der Waals surface area (Å²) in [5, 5.41) is 11.5. The summed E-state index contributed by atoms with van der Waals surface area (Å²) in [4.78, 5) is 2.20. The molecule has 0 saturated heterocycles. The lowest BCUT2D eigenvalue weighted by atomic mass is 9.84. The number of nitrogens with zero attached hydrogens (tertiary/aromatic N) is 2. The molecule has 1 rings (SSSR count). The number of likely N-dealkylation sites (N-methyl/N-ethyl adjacent to an activating group) is 1. The molecule has 1 aliphatic carbocycles. The zero-order valence-electron chi connectivity index (χ0n) is 9.82. The molecule has 1 fully saturated rings. The van der Waals surface area contributed by atoms with Crippen LogP contribution in [0.2, 0.25) is 0 Å². The fourth-order valence-corrected chi connectivity index (χ4v) is 2.41. The van der Waals surface area contributed by atoms with Crippen LogP contribution >= 0.6 is 0 Å². The number of hydrogen-bond acceptors (Lipinski definition) is 3. The van der Waals surface area contributed by atoms with E-state index in [2.05, 4.69) is 24.0 Å². The second-order valence-electron chi connectivity index (χ2n) is 4.59. The maximum Gasteiger partial charge on any atom is 0.153 e. The molecule has 0 amide bonds. The van der Waals surface area contributed by atoms with Gasteiger partial charge in [-0.1, -0.05) is 18.5 Å². The summed E-state index contributed by atoms with van der Waals surface area (Å²) in [6.45, 7) is 2.84. The number of nitrogens with two attached hydrogens (primary N) is 1. The van der Waals surface area contributed by atoms with E-state index in [4.69, 9.17) is 10.9 Å². The van der Waals surface area contributed by atoms with Crippen LogP contribution in [-0.4, -0.2) is 35.6 Å². The van der Waals surface area contributed by atoms with Gasteiger partial charge in [-0.15, -0.1) is 0 Å². The molecule has 0 spiro atoms. The molecule has 0 aromatic carbocycles. The summed E-state index contributed by atoms with van der Waals surface area (Å²) >= 11 is 0. The standard InChI is InChI=1S/C11H23N3O/c1-3-9-4-6-10(7-5-9)14(2)8-11(12)13-15/h9-10,15H,3-8H2,1-2H3,(H2,12,13). The smallest absolute Gasteiger partial charge is 0.153 e. The van der Waals surface area contributed by atoms with Crippen molar-refractivity contribution in [2.75, 3.05) is 13.6 Å². The van der Waals surface area contributed by atoms with Crippen LogP contribution < -0.4 is 5.73 Å². The summed E-state index contributed by atoms with van der Waals surface area (Å²) in [6, 6.07) is 0.605. The van der Waals surface area contributed by atoms with Gasteiger partial charge in [-0.25, -0.2) is 0 Å². The van der Waals surface area contributed by atoms with Gasteiger partial charge in [0, 0.05) is 6.04 Å². The van der Waals surface area contributed by atoms with Gasteiger partial charge >= 0.3 is 0 Å². The van der Waals surface area contributed by atoms with Crippen LogP contribution in [0.1, 0.15) is 39.0 Å². The van der Waals surface area contributed by atoms with Crippen LogP contribution in [-0.2, 0) is 0 Å². The van der Waals surface area contributed by atoms with Crippen molar-refractivity contribution in [3.05, 3.63) is 0 Å². The van der Waals surface area contributed by atoms with Crippen LogP contribution in [0.25, 0.3) is 0 Å². The molecule has 0 heterocycles. The van der Waals surface area contributed by atoms with E-state index in [1.807, 2.05) is 0 Å². The number of amidine groups is 1. The Bertz CT molecular complexity index is 210. The molecular weight excluding hydrogens is 190 g/mol. The third-order valence-electron chi connectivity index (χ3n) is 3.56. The van der Waals surface area contributed by atoms with Crippen LogP contribution in [0, 0.1) is 5.92 Å². The Labute approximate surface area is 92.1 Å². The first-order valence-corrected chi connectivity index (χ1v) is 5.84. The average molecular weight is 213 g/mol. The van der Waals surface area contributed by atoms with E-state index >= 15 is 0 Å². The highest BCUT2D eigenvalue weighted by molar-refractivity contribution is 5.81. The van der Waals surface area contributed by atoms with Gasteiger partial charge in [0.05, 0.1) is 6.54 Å². The van der Waals surface area contributed by atoms with Gasteiger partial charge in [-0.05, 0) is 38.6 Å². The molecule has 0 aliphatic heterocycles. The minimum Gasteiger partial charge on any atom is -0.409 e. The first-order chi connectivity index (χ1) is 7.17. The lowest BCUT2D eigenvalue weighted by Crippen LogP contribution is -2.40. The van der Waals surface area contributed by atoms with Gasteiger partial charge in [0.1, 0.15) is 0 Å². The van der Waals surface area contributed by atoms with Crippen molar-refractivity contribution in [3.8, 4) is 0 Å². The lowest BCUT2D eigenvalue weighted by Gasteiger charge is -2.34. The van der Waals surface area contributed by atoms with Crippen molar-refractivity contribution in [3.63, 3.8) is 0 Å². The van der Waals surface area contributed by atoms with E-state index in [0.29, 0.717) is 18.4 Å². The molecule has 0 unspecified atom stereocenters. The lowest BCUT2D eigenvalue weighted by molar-refractivity contribution is 0.179. The molecular formula is C11H23N3O. The SMILES string of the molecule is CCC1CCC(N(C)C/C(N)=N/O)CC1. The first kappa shape index (κ1) is 12.3. The number of oxime groups is 1. The van der Waals surface area contributed by atoms with Gasteiger partial charge in [0.2, 0.25) is 0 Å². The Morgan fingerprint density at radius 2 is 2.00 bits per heavy atom. The molecule has 0 bridgehead atoms. The summed E-state index contributed by atoms with van der Waals surface area (Å²) in [5.41, 5.74) is 5.49. The largest absolute Gasteiger partial charge is 0.409 e. The van der Waals surface area contributed by atoms with Crippen molar-refractivity contribution in [1.82, 2.24) is 4.90 Å². The van der Waals surface area contributed by atoms with E-state index in [0.717, 1.165) is 5.92 Å². The molecule has 0 atom stereocenters. The Hall–Kier alpha value is -0.770. The van der Waals surface area contributed by atoms with Crippen molar-refractivity contribution in [2.45, 2.75) is 45.1 Å². The summed E-state index contributed by atoms with van der Waals surface area (Å²) in [7, 11) is 2.05. The van der Waals surface area contributed by atoms with Crippen LogP contribution in [0.5, 0.6) is 0 Å². The first-order valence-electron chi connectivity index (χ1n) is 5.84. The Balaban J connectivity index is 2.33. The molecule has 15 heavy (non-hydrogen) atoms. The van der Waals surface area contributed by atoms with E-state index in [9.17, 15) is 0 Å². The van der Waals surface area contributed by atoms with E-state index in [1.54, 1.807) is 0 Å². The van der Waals surface area contributed by atoms with E-state index in [1.165, 1.54) is 32.1 Å². The second kappa shape index (κ2) is 5.95. The van der Waals surface area contributed by atoms with Gasteiger partial charge in [-0.3, -0.25) is 4.90 Å². The normalized spacial score (nSPS) is 28.3. The van der Waals surface area contributed by atoms with Gasteiger partial charge in [-0.2, -0.15) is 0 Å². The molecule has 0 radical (unpaired) electrons. The van der Waals surface area contributed by atoms with Gasteiger partial charge in [0.25, 0.3) is 0 Å². The maximum absolute atomic E-state index is 8.50. The van der Waals surface area contributed by atoms with Crippen molar-refractivity contribution in [1.29, 1.82) is 0 Å². The molecule has 1 aliphatic rings. The third-order valence-corrected chi connectivity index (χ3v) is 3.56. The van der Waals surface area contributed by atoms with E-state index in [-0.39, 0.29) is 0 Å². The van der Waals surface area contributed by atoms with Crippen LogP contribution in [0.3, 0.4) is 0 Å². The monoisotopic (exact) mass is 213 g/mol. The molecule has 1 saturated carbocycles. The van der Waals surface area contributed by atoms with Gasteiger partial charge < -0.3 is 10.9 Å². The molecule has 0 aromatic rings. The van der Waals surface area contributed by atoms with Crippen LogP contribution in [0.4, 0.5) is 0 Å². The summed E-state index contributed by atoms with van der Waals surface area (Å²) in [6.07, 6.45) is 6.43. The summed E-state index contributed by atoms with van der Waals surface area (Å²) < 4.78 is 0. The Kier molecular flexibility index (Phi) is 4.88. The van der Waals surface area contributed by atoms with E-state index < -0.39 is 0 Å². The fourth-order valence-electron chi connectivity index (χ4n) is 2.41. The average Bonchev–Trinajstić information content (AvgIpc) is 2.29. The van der Waals surface area contributed by atoms with Crippen LogP contribution in [0.15, 0.2) is 5.16 Å². The van der Waals surface area contributed by atoms with Crippen molar-refractivity contribution >= 4 is 5.84 Å². The highest BCUT2D eigenvalue weighted by Gasteiger charge is 2.23. The molecule has 0 aromatic heterocycles. The Morgan fingerprint density at radius 3 is 2.47 bits per heavy atom. The Morgan fingerprint density at radius 1 is 1.40 bits per heavy atom. The molecule has 4 heteroatoms. The molecule has 88 valence electrons. The van der Waals surface area contributed by atoms with Gasteiger partial charge in [0.15, 0.2) is 5.84 Å². The number of hydrogen-bond donors (Lipinski definition) is 2. The third kappa shape index (κ3) is 3.70. The quantitative estimate of drug-likeness (QED) is 0.323. The predicted octanol–water partition coefficient (Wildman–Crippen LogP) is 1.63. The zero-order valence-corrected chi connectivity index (χ0v) is 9.82. The van der Waals surface area contributed by atoms with Crippen molar-refractivity contribution in [2.24, 2.45) is 16.8 Å². The van der Waals surface area contributed by atoms with Crippen molar-refractivity contribution < 1.29 is 5.21 Å². The highest BCUT2D eigenvalue weighted by atomic mass is 16.4. The molecule has 3 N–H and O–H groups in total. The predicted molar refractivity (Wildman–Crippen MR) is 62.1 cm³/mol. The highest BCUT2D eigenvalue weighted by Crippen LogP contribution is 2.28. The zero-order chi connectivity index (χ0) is 11.3.